The average Bonchev–Trinajstić information content (AvgIpc) is 2.93. The lowest BCUT2D eigenvalue weighted by Crippen LogP contribution is -2.07. The fourth-order valence-electron chi connectivity index (χ4n) is 2.51. The summed E-state index contributed by atoms with van der Waals surface area (Å²) in [6.07, 6.45) is 1.59. The molecule has 26 heavy (non-hydrogen) atoms. The Bertz CT molecular complexity index is 920. The van der Waals surface area contributed by atoms with Crippen LogP contribution in [0.25, 0.3) is 10.9 Å². The van der Waals surface area contributed by atoms with Gasteiger partial charge in [-0.2, -0.15) is 13.9 Å². The third kappa shape index (κ3) is 3.96. The number of hydrogen-bond donors (Lipinski definition) is 0. The molecule has 0 aliphatic carbocycles. The highest BCUT2D eigenvalue weighted by molar-refractivity contribution is 5.90. The lowest BCUT2D eigenvalue weighted by molar-refractivity contribution is -0.0498. The Morgan fingerprint density at radius 1 is 1.19 bits per heavy atom. The van der Waals surface area contributed by atoms with Crippen LogP contribution in [0.2, 0.25) is 0 Å². The van der Waals surface area contributed by atoms with Gasteiger partial charge < -0.3 is 9.64 Å². The van der Waals surface area contributed by atoms with Crippen LogP contribution in [0.1, 0.15) is 5.56 Å². The number of benzene rings is 2. The van der Waals surface area contributed by atoms with Gasteiger partial charge in [-0.05, 0) is 29.8 Å². The van der Waals surface area contributed by atoms with Gasteiger partial charge in [0.15, 0.2) is 5.82 Å². The van der Waals surface area contributed by atoms with E-state index >= 15 is 0 Å². The van der Waals surface area contributed by atoms with E-state index in [9.17, 15) is 13.2 Å². The Morgan fingerprint density at radius 2 is 1.92 bits per heavy atom. The van der Waals surface area contributed by atoms with Crippen molar-refractivity contribution >= 4 is 23.1 Å². The number of ether oxygens (including phenoxy) is 1. The molecule has 5 nitrogen and oxygen atoms in total. The van der Waals surface area contributed by atoms with Crippen LogP contribution in [0.5, 0.6) is 5.75 Å². The van der Waals surface area contributed by atoms with Crippen molar-refractivity contribution in [3.05, 3.63) is 53.8 Å². The van der Waals surface area contributed by atoms with Crippen molar-refractivity contribution < 1.29 is 17.9 Å². The molecule has 0 fully saturated rings. The SMILES string of the molecule is CN(C)C=Nc1nn(Cc2ccc(OC(F)F)cc2)c2c(F)cccc12. The van der Waals surface area contributed by atoms with Gasteiger partial charge in [0.05, 0.1) is 12.9 Å². The highest BCUT2D eigenvalue weighted by Gasteiger charge is 2.14. The third-order valence-corrected chi connectivity index (χ3v) is 3.59. The summed E-state index contributed by atoms with van der Waals surface area (Å²) < 4.78 is 44.6. The molecule has 0 saturated heterocycles. The first-order valence-corrected chi connectivity index (χ1v) is 7.83. The van der Waals surface area contributed by atoms with Crippen LogP contribution in [-0.4, -0.2) is 41.7 Å². The van der Waals surface area contributed by atoms with Crippen LogP contribution in [0, 0.1) is 5.82 Å². The molecule has 0 saturated carbocycles. The number of hydrogen-bond acceptors (Lipinski definition) is 3. The Labute approximate surface area is 148 Å². The topological polar surface area (TPSA) is 42.7 Å². The van der Waals surface area contributed by atoms with E-state index in [-0.39, 0.29) is 12.3 Å². The zero-order valence-electron chi connectivity index (χ0n) is 14.2. The van der Waals surface area contributed by atoms with Gasteiger partial charge in [0.2, 0.25) is 0 Å². The number of alkyl halides is 2. The molecule has 0 unspecified atom stereocenters. The van der Waals surface area contributed by atoms with Crippen molar-refractivity contribution in [2.75, 3.05) is 14.1 Å². The van der Waals surface area contributed by atoms with Gasteiger partial charge in [-0.15, -0.1) is 0 Å². The monoisotopic (exact) mass is 362 g/mol. The minimum atomic E-state index is -2.87. The Hall–Kier alpha value is -3.03. The van der Waals surface area contributed by atoms with Gasteiger partial charge in [0.25, 0.3) is 0 Å². The predicted molar refractivity (Wildman–Crippen MR) is 93.7 cm³/mol. The second-order valence-electron chi connectivity index (χ2n) is 5.85. The number of halogens is 3. The molecule has 0 atom stereocenters. The van der Waals surface area contributed by atoms with Gasteiger partial charge in [-0.25, -0.2) is 9.38 Å². The van der Waals surface area contributed by atoms with E-state index in [1.807, 2.05) is 14.1 Å². The van der Waals surface area contributed by atoms with E-state index in [1.54, 1.807) is 35.5 Å². The molecule has 8 heteroatoms. The summed E-state index contributed by atoms with van der Waals surface area (Å²) in [7, 11) is 3.65. The Morgan fingerprint density at radius 3 is 2.58 bits per heavy atom. The van der Waals surface area contributed by atoms with Crippen molar-refractivity contribution in [2.24, 2.45) is 4.99 Å². The molecule has 0 N–H and O–H groups in total. The zero-order valence-corrected chi connectivity index (χ0v) is 14.2. The van der Waals surface area contributed by atoms with Gasteiger partial charge in [0.1, 0.15) is 17.1 Å². The molecule has 1 aromatic heterocycles. The fraction of sp³-hybridized carbons (Fsp3) is 0.222. The molecule has 3 rings (SSSR count). The smallest absolute Gasteiger partial charge is 0.387 e. The van der Waals surface area contributed by atoms with Crippen LogP contribution in [0.15, 0.2) is 47.5 Å². The van der Waals surface area contributed by atoms with Gasteiger partial charge >= 0.3 is 6.61 Å². The molecule has 0 bridgehead atoms. The molecule has 0 aliphatic rings. The van der Waals surface area contributed by atoms with Crippen molar-refractivity contribution in [1.82, 2.24) is 14.7 Å². The molecule has 3 aromatic rings. The number of aliphatic imine (C=N–C) groups is 1. The minimum Gasteiger partial charge on any atom is -0.435 e. The molecular formula is C18H17F3N4O. The second-order valence-corrected chi connectivity index (χ2v) is 5.85. The summed E-state index contributed by atoms with van der Waals surface area (Å²) >= 11 is 0. The molecule has 0 radical (unpaired) electrons. The van der Waals surface area contributed by atoms with Gasteiger partial charge in [0, 0.05) is 19.5 Å². The van der Waals surface area contributed by atoms with Crippen molar-refractivity contribution in [1.29, 1.82) is 0 Å². The van der Waals surface area contributed by atoms with E-state index in [0.717, 1.165) is 5.56 Å². The van der Waals surface area contributed by atoms with E-state index in [4.69, 9.17) is 0 Å². The Kier molecular flexibility index (Phi) is 5.11. The maximum atomic E-state index is 14.3. The number of para-hydroxylation sites is 1. The van der Waals surface area contributed by atoms with Crippen molar-refractivity contribution in [2.45, 2.75) is 13.2 Å². The number of fused-ring (bicyclic) bond motifs is 1. The lowest BCUT2D eigenvalue weighted by Gasteiger charge is -2.07. The first-order valence-electron chi connectivity index (χ1n) is 7.83. The lowest BCUT2D eigenvalue weighted by atomic mass is 10.2. The second kappa shape index (κ2) is 7.47. The average molecular weight is 362 g/mol. The summed E-state index contributed by atoms with van der Waals surface area (Å²) in [6, 6.07) is 10.9. The molecule has 0 aliphatic heterocycles. The van der Waals surface area contributed by atoms with Crippen LogP contribution in [0.3, 0.4) is 0 Å². The van der Waals surface area contributed by atoms with Crippen molar-refractivity contribution in [3.8, 4) is 5.75 Å². The summed E-state index contributed by atoms with van der Waals surface area (Å²) in [5.41, 5.74) is 1.11. The standard InChI is InChI=1S/C18H17F3N4O/c1-24(2)11-22-17-14-4-3-5-15(19)16(14)25(23-17)10-12-6-8-13(9-7-12)26-18(20)21/h3-9,11,18H,10H2,1-2H3. The molecule has 136 valence electrons. The fourth-order valence-corrected chi connectivity index (χ4v) is 2.51. The van der Waals surface area contributed by atoms with E-state index in [0.29, 0.717) is 16.7 Å². The van der Waals surface area contributed by atoms with Crippen LogP contribution in [0.4, 0.5) is 19.0 Å². The van der Waals surface area contributed by atoms with Gasteiger partial charge in [-0.3, -0.25) is 4.68 Å². The Balaban J connectivity index is 1.94. The largest absolute Gasteiger partial charge is 0.435 e. The predicted octanol–water partition coefficient (Wildman–Crippen LogP) is 4.05. The molecular weight excluding hydrogens is 345 g/mol. The summed E-state index contributed by atoms with van der Waals surface area (Å²) in [4.78, 5) is 6.04. The molecule has 1 heterocycles. The zero-order chi connectivity index (χ0) is 18.7. The summed E-state index contributed by atoms with van der Waals surface area (Å²) in [5.74, 6) is 0.0707. The summed E-state index contributed by atoms with van der Waals surface area (Å²) in [6.45, 7) is -2.61. The molecule has 0 amide bonds. The highest BCUT2D eigenvalue weighted by Crippen LogP contribution is 2.28. The molecule has 2 aromatic carbocycles. The van der Waals surface area contributed by atoms with Crippen LogP contribution >= 0.6 is 0 Å². The third-order valence-electron chi connectivity index (χ3n) is 3.59. The van der Waals surface area contributed by atoms with Gasteiger partial charge in [-0.1, -0.05) is 18.2 Å². The van der Waals surface area contributed by atoms with E-state index in [2.05, 4.69) is 14.8 Å². The highest BCUT2D eigenvalue weighted by atomic mass is 19.3. The summed E-state index contributed by atoms with van der Waals surface area (Å²) in [5, 5.41) is 4.99. The van der Waals surface area contributed by atoms with E-state index in [1.165, 1.54) is 22.9 Å². The number of nitrogens with zero attached hydrogens (tertiary/aromatic N) is 4. The first kappa shape index (κ1) is 17.8. The maximum absolute atomic E-state index is 14.3. The number of aromatic nitrogens is 2. The van der Waals surface area contributed by atoms with E-state index < -0.39 is 12.4 Å². The van der Waals surface area contributed by atoms with Crippen LogP contribution < -0.4 is 4.74 Å². The molecule has 0 spiro atoms. The number of rotatable bonds is 6. The van der Waals surface area contributed by atoms with Crippen LogP contribution in [-0.2, 0) is 6.54 Å². The maximum Gasteiger partial charge on any atom is 0.387 e. The minimum absolute atomic E-state index is 0.0662. The quantitative estimate of drug-likeness (QED) is 0.491. The van der Waals surface area contributed by atoms with Crippen molar-refractivity contribution in [3.63, 3.8) is 0 Å². The first-order chi connectivity index (χ1) is 12.4. The normalized spacial score (nSPS) is 11.6.